The van der Waals surface area contributed by atoms with Crippen LogP contribution in [0.25, 0.3) is 11.0 Å². The van der Waals surface area contributed by atoms with Crippen LogP contribution in [0.3, 0.4) is 0 Å². The van der Waals surface area contributed by atoms with Gasteiger partial charge in [-0.2, -0.15) is 0 Å². The number of carbonyl (C=O) groups is 1. The summed E-state index contributed by atoms with van der Waals surface area (Å²) in [6.45, 7) is 1.93. The molecule has 2 N–H and O–H groups in total. The zero-order chi connectivity index (χ0) is 12.4. The molecule has 88 valence electrons. The number of benzene rings is 1. The molecule has 2 aromatic rings. The van der Waals surface area contributed by atoms with Crippen LogP contribution in [-0.4, -0.2) is 28.3 Å². The highest BCUT2D eigenvalue weighted by atomic mass is 16.5. The minimum absolute atomic E-state index is 0.0955. The van der Waals surface area contributed by atoms with E-state index in [1.807, 2.05) is 25.1 Å². The number of carboxylic acid groups (broad SMARTS) is 1. The van der Waals surface area contributed by atoms with E-state index >= 15 is 0 Å². The summed E-state index contributed by atoms with van der Waals surface area (Å²) in [5, 5.41) is 10.8. The molecule has 0 aliphatic heterocycles. The van der Waals surface area contributed by atoms with Gasteiger partial charge in [-0.15, -0.1) is 0 Å². The Labute approximate surface area is 97.3 Å². The summed E-state index contributed by atoms with van der Waals surface area (Å²) in [6, 6.07) is 5.54. The van der Waals surface area contributed by atoms with E-state index in [1.54, 1.807) is 0 Å². The molecule has 0 saturated heterocycles. The van der Waals surface area contributed by atoms with Crippen LogP contribution >= 0.6 is 0 Å². The van der Waals surface area contributed by atoms with E-state index in [9.17, 15) is 4.79 Å². The number of rotatable bonds is 2. The number of hydrogen-bond donors (Lipinski definition) is 2. The van der Waals surface area contributed by atoms with E-state index < -0.39 is 6.09 Å². The predicted octanol–water partition coefficient (Wildman–Crippen LogP) is 2.04. The number of methoxy groups -OCH3 is 1. The largest absolute Gasteiger partial charge is 0.478 e. The average molecular weight is 233 g/mol. The number of nitrogens with zero attached hydrogens (tertiary/aromatic N) is 2. The first-order valence-corrected chi connectivity index (χ1v) is 4.92. The van der Waals surface area contributed by atoms with Crippen molar-refractivity contribution in [1.82, 2.24) is 9.97 Å². The Morgan fingerprint density at radius 1 is 1.35 bits per heavy atom. The van der Waals surface area contributed by atoms with Gasteiger partial charge in [0.05, 0.1) is 18.1 Å². The summed E-state index contributed by atoms with van der Waals surface area (Å²) in [5.74, 6) is 0.252. The van der Waals surface area contributed by atoms with Crippen LogP contribution in [-0.2, 0) is 0 Å². The van der Waals surface area contributed by atoms with Gasteiger partial charge in [-0.25, -0.2) is 14.8 Å². The Bertz CT molecular complexity index is 583. The van der Waals surface area contributed by atoms with Gasteiger partial charge in [0.25, 0.3) is 5.88 Å². The molecule has 0 atom stereocenters. The highest BCUT2D eigenvalue weighted by Gasteiger charge is 2.11. The molecular weight excluding hydrogens is 222 g/mol. The molecule has 1 aromatic heterocycles. The summed E-state index contributed by atoms with van der Waals surface area (Å²) in [6.07, 6.45) is -1.20. The Hall–Kier alpha value is -2.37. The number of hydrogen-bond acceptors (Lipinski definition) is 4. The molecule has 1 amide bonds. The van der Waals surface area contributed by atoms with Crippen LogP contribution in [0, 0.1) is 6.92 Å². The summed E-state index contributed by atoms with van der Waals surface area (Å²) in [5.41, 5.74) is 2.30. The maximum absolute atomic E-state index is 10.6. The van der Waals surface area contributed by atoms with Crippen LogP contribution in [0.5, 0.6) is 5.88 Å². The first-order chi connectivity index (χ1) is 8.10. The summed E-state index contributed by atoms with van der Waals surface area (Å²) in [7, 11) is 1.41. The van der Waals surface area contributed by atoms with Crippen LogP contribution < -0.4 is 10.1 Å². The molecule has 17 heavy (non-hydrogen) atoms. The highest BCUT2D eigenvalue weighted by Crippen LogP contribution is 2.23. The number of aromatic nitrogens is 2. The van der Waals surface area contributed by atoms with Gasteiger partial charge in [0, 0.05) is 0 Å². The van der Waals surface area contributed by atoms with Crippen LogP contribution in [0.4, 0.5) is 10.6 Å². The van der Waals surface area contributed by atoms with Gasteiger partial charge in [0.15, 0.2) is 5.82 Å². The van der Waals surface area contributed by atoms with Crippen LogP contribution in [0.15, 0.2) is 18.2 Å². The van der Waals surface area contributed by atoms with E-state index in [4.69, 9.17) is 9.84 Å². The molecule has 0 fully saturated rings. The van der Waals surface area contributed by atoms with Crippen molar-refractivity contribution in [2.75, 3.05) is 12.4 Å². The third-order valence-corrected chi connectivity index (χ3v) is 2.21. The quantitative estimate of drug-likeness (QED) is 0.829. The number of ether oxygens (including phenoxy) is 1. The Kier molecular flexibility index (Phi) is 2.78. The summed E-state index contributed by atoms with van der Waals surface area (Å²) >= 11 is 0. The van der Waals surface area contributed by atoms with Crippen molar-refractivity contribution in [1.29, 1.82) is 0 Å². The topological polar surface area (TPSA) is 84.3 Å². The lowest BCUT2D eigenvalue weighted by atomic mass is 10.2. The molecule has 0 aliphatic carbocycles. The van der Waals surface area contributed by atoms with Crippen molar-refractivity contribution in [3.63, 3.8) is 0 Å². The minimum Gasteiger partial charge on any atom is -0.478 e. The van der Waals surface area contributed by atoms with Gasteiger partial charge in [0.1, 0.15) is 0 Å². The van der Waals surface area contributed by atoms with Gasteiger partial charge in [-0.1, -0.05) is 6.07 Å². The molecule has 0 bridgehead atoms. The number of anilines is 1. The lowest BCUT2D eigenvalue weighted by Gasteiger charge is -2.07. The maximum Gasteiger partial charge on any atom is 0.410 e. The zero-order valence-electron chi connectivity index (χ0n) is 9.39. The van der Waals surface area contributed by atoms with E-state index in [0.717, 1.165) is 5.56 Å². The van der Waals surface area contributed by atoms with E-state index in [2.05, 4.69) is 15.3 Å². The first-order valence-electron chi connectivity index (χ1n) is 4.92. The lowest BCUT2D eigenvalue weighted by Crippen LogP contribution is -2.11. The molecule has 0 radical (unpaired) electrons. The molecule has 0 aliphatic rings. The van der Waals surface area contributed by atoms with Crippen LogP contribution in [0.2, 0.25) is 0 Å². The van der Waals surface area contributed by atoms with Crippen LogP contribution in [0.1, 0.15) is 5.56 Å². The minimum atomic E-state index is -1.20. The normalized spacial score (nSPS) is 10.2. The molecule has 6 nitrogen and oxygen atoms in total. The van der Waals surface area contributed by atoms with Gasteiger partial charge in [0.2, 0.25) is 0 Å². The third kappa shape index (κ3) is 2.25. The molecule has 1 heterocycles. The average Bonchev–Trinajstić information content (AvgIpc) is 2.27. The van der Waals surface area contributed by atoms with Crippen molar-refractivity contribution in [2.24, 2.45) is 0 Å². The van der Waals surface area contributed by atoms with Crippen molar-refractivity contribution < 1.29 is 14.6 Å². The SMILES string of the molecule is COc1nc2ccc(C)cc2nc1NC(=O)O. The fourth-order valence-electron chi connectivity index (χ4n) is 1.47. The lowest BCUT2D eigenvalue weighted by molar-refractivity contribution is 0.209. The molecule has 0 unspecified atom stereocenters. The molecule has 1 aromatic carbocycles. The third-order valence-electron chi connectivity index (χ3n) is 2.21. The number of nitrogens with one attached hydrogen (secondary N) is 1. The fourth-order valence-corrected chi connectivity index (χ4v) is 1.47. The first kappa shape index (κ1) is 11.1. The maximum atomic E-state index is 10.6. The second kappa shape index (κ2) is 4.25. The van der Waals surface area contributed by atoms with E-state index in [0.29, 0.717) is 11.0 Å². The fraction of sp³-hybridized carbons (Fsp3) is 0.182. The predicted molar refractivity (Wildman–Crippen MR) is 62.5 cm³/mol. The van der Waals surface area contributed by atoms with Gasteiger partial charge in [-0.3, -0.25) is 5.32 Å². The van der Waals surface area contributed by atoms with Crippen molar-refractivity contribution in [3.8, 4) is 5.88 Å². The van der Waals surface area contributed by atoms with Gasteiger partial charge < -0.3 is 9.84 Å². The van der Waals surface area contributed by atoms with Gasteiger partial charge >= 0.3 is 6.09 Å². The Morgan fingerprint density at radius 2 is 2.12 bits per heavy atom. The molecule has 0 spiro atoms. The smallest absolute Gasteiger partial charge is 0.410 e. The second-order valence-electron chi connectivity index (χ2n) is 3.50. The van der Waals surface area contributed by atoms with Crippen molar-refractivity contribution in [3.05, 3.63) is 23.8 Å². The zero-order valence-corrected chi connectivity index (χ0v) is 9.39. The molecule has 2 rings (SSSR count). The summed E-state index contributed by atoms with van der Waals surface area (Å²) < 4.78 is 4.99. The second-order valence-corrected chi connectivity index (χ2v) is 3.50. The number of aryl methyl sites for hydroxylation is 1. The molecule has 6 heteroatoms. The monoisotopic (exact) mass is 233 g/mol. The van der Waals surface area contributed by atoms with E-state index in [1.165, 1.54) is 7.11 Å². The van der Waals surface area contributed by atoms with Gasteiger partial charge in [-0.05, 0) is 24.6 Å². The highest BCUT2D eigenvalue weighted by molar-refractivity contribution is 5.86. The van der Waals surface area contributed by atoms with Crippen molar-refractivity contribution >= 4 is 22.9 Å². The van der Waals surface area contributed by atoms with Crippen molar-refractivity contribution in [2.45, 2.75) is 6.92 Å². The number of amides is 1. The standard InChI is InChI=1S/C11H11N3O3/c1-6-3-4-7-8(5-6)12-9(14-11(15)16)10(13-7)17-2/h3-5H,1-2H3,(H,12,14)(H,15,16). The summed E-state index contributed by atoms with van der Waals surface area (Å²) in [4.78, 5) is 19.0. The van der Waals surface area contributed by atoms with E-state index in [-0.39, 0.29) is 11.7 Å². The Morgan fingerprint density at radius 3 is 2.76 bits per heavy atom. The number of fused-ring (bicyclic) bond motifs is 1. The molecular formula is C11H11N3O3. The Balaban J connectivity index is 2.60. The molecule has 0 saturated carbocycles.